The Balaban J connectivity index is 1.69. The summed E-state index contributed by atoms with van der Waals surface area (Å²) < 4.78 is 1.65. The van der Waals surface area contributed by atoms with Gasteiger partial charge >= 0.3 is 0 Å². The minimum absolute atomic E-state index is 0.139. The summed E-state index contributed by atoms with van der Waals surface area (Å²) >= 11 is 0. The monoisotopic (exact) mass is 320 g/mol. The highest BCUT2D eigenvalue weighted by molar-refractivity contribution is 6.04. The zero-order valence-electron chi connectivity index (χ0n) is 13.1. The normalized spacial score (nSPS) is 10.2. The van der Waals surface area contributed by atoms with Crippen LogP contribution in [0.4, 0.5) is 11.4 Å². The zero-order valence-corrected chi connectivity index (χ0v) is 13.1. The third-order valence-corrected chi connectivity index (χ3v) is 3.33. The molecule has 1 heterocycles. The topological polar surface area (TPSA) is 76.0 Å². The Morgan fingerprint density at radius 3 is 2.17 bits per heavy atom. The number of carbonyl (C=O) groups is 2. The van der Waals surface area contributed by atoms with Gasteiger partial charge in [0, 0.05) is 24.5 Å². The van der Waals surface area contributed by atoms with Crippen molar-refractivity contribution in [1.82, 2.24) is 9.78 Å². The molecule has 0 aliphatic heterocycles. The molecule has 0 bridgehead atoms. The van der Waals surface area contributed by atoms with Crippen molar-refractivity contribution in [2.75, 3.05) is 10.6 Å². The molecule has 0 saturated heterocycles. The molecule has 3 aromatic rings. The van der Waals surface area contributed by atoms with Crippen LogP contribution >= 0.6 is 0 Å². The molecule has 6 heteroatoms. The van der Waals surface area contributed by atoms with Gasteiger partial charge in [-0.25, -0.2) is 4.68 Å². The maximum absolute atomic E-state index is 12.3. The summed E-state index contributed by atoms with van der Waals surface area (Å²) in [6.07, 6.45) is 3.20. The van der Waals surface area contributed by atoms with Crippen LogP contribution in [0.3, 0.4) is 0 Å². The van der Waals surface area contributed by atoms with E-state index in [2.05, 4.69) is 15.7 Å². The number of hydrogen-bond acceptors (Lipinski definition) is 3. The lowest BCUT2D eigenvalue weighted by molar-refractivity contribution is -0.114. The molecule has 2 amide bonds. The van der Waals surface area contributed by atoms with Gasteiger partial charge in [-0.3, -0.25) is 9.59 Å². The van der Waals surface area contributed by atoms with E-state index in [4.69, 9.17) is 0 Å². The second-order valence-corrected chi connectivity index (χ2v) is 5.22. The quantitative estimate of drug-likeness (QED) is 0.775. The Morgan fingerprint density at radius 1 is 0.917 bits per heavy atom. The van der Waals surface area contributed by atoms with Gasteiger partial charge in [-0.1, -0.05) is 18.2 Å². The minimum Gasteiger partial charge on any atom is -0.326 e. The van der Waals surface area contributed by atoms with E-state index in [-0.39, 0.29) is 11.8 Å². The molecule has 6 nitrogen and oxygen atoms in total. The summed E-state index contributed by atoms with van der Waals surface area (Å²) in [7, 11) is 0. The predicted molar refractivity (Wildman–Crippen MR) is 92.3 cm³/mol. The number of rotatable bonds is 4. The van der Waals surface area contributed by atoms with Crippen molar-refractivity contribution >= 4 is 23.2 Å². The summed E-state index contributed by atoms with van der Waals surface area (Å²) in [6.45, 7) is 1.44. The highest BCUT2D eigenvalue weighted by atomic mass is 16.2. The van der Waals surface area contributed by atoms with Crippen LogP contribution in [0.25, 0.3) is 5.69 Å². The molecule has 120 valence electrons. The molecular weight excluding hydrogens is 304 g/mol. The Morgan fingerprint density at radius 2 is 1.54 bits per heavy atom. The number of aromatic nitrogens is 2. The van der Waals surface area contributed by atoms with Crippen LogP contribution in [0.2, 0.25) is 0 Å². The second-order valence-electron chi connectivity index (χ2n) is 5.22. The average molecular weight is 320 g/mol. The van der Waals surface area contributed by atoms with Crippen molar-refractivity contribution < 1.29 is 9.59 Å². The smallest absolute Gasteiger partial charge is 0.258 e. The first kappa shape index (κ1) is 15.5. The Hall–Kier alpha value is -3.41. The molecule has 0 radical (unpaired) electrons. The highest BCUT2D eigenvalue weighted by Gasteiger charge is 2.10. The van der Waals surface area contributed by atoms with E-state index >= 15 is 0 Å². The molecule has 0 unspecified atom stereocenters. The Kier molecular flexibility index (Phi) is 4.38. The first-order valence-electron chi connectivity index (χ1n) is 7.41. The van der Waals surface area contributed by atoms with E-state index < -0.39 is 0 Å². The van der Waals surface area contributed by atoms with Gasteiger partial charge in [0.1, 0.15) is 0 Å². The Labute approximate surface area is 139 Å². The molecule has 0 spiro atoms. The van der Waals surface area contributed by atoms with E-state index in [9.17, 15) is 9.59 Å². The summed E-state index contributed by atoms with van der Waals surface area (Å²) in [5.74, 6) is -0.385. The van der Waals surface area contributed by atoms with Gasteiger partial charge in [-0.2, -0.15) is 5.10 Å². The van der Waals surface area contributed by atoms with Crippen molar-refractivity contribution in [3.05, 3.63) is 72.6 Å². The number of amides is 2. The largest absolute Gasteiger partial charge is 0.326 e. The maximum atomic E-state index is 12.3. The fourth-order valence-corrected chi connectivity index (χ4v) is 2.21. The van der Waals surface area contributed by atoms with Crippen LogP contribution in [0.1, 0.15) is 17.3 Å². The van der Waals surface area contributed by atoms with Crippen molar-refractivity contribution in [2.24, 2.45) is 0 Å². The van der Waals surface area contributed by atoms with E-state index in [1.165, 1.54) is 13.1 Å². The lowest BCUT2D eigenvalue weighted by atomic mass is 10.2. The van der Waals surface area contributed by atoms with Gasteiger partial charge in [0.05, 0.1) is 17.4 Å². The molecule has 0 aliphatic rings. The fourth-order valence-electron chi connectivity index (χ4n) is 2.21. The van der Waals surface area contributed by atoms with E-state index in [0.717, 1.165) is 5.69 Å². The first-order valence-corrected chi connectivity index (χ1v) is 7.41. The fraction of sp³-hybridized carbons (Fsp3) is 0.0556. The number of carbonyl (C=O) groups excluding carboxylic acids is 2. The molecule has 0 atom stereocenters. The van der Waals surface area contributed by atoms with E-state index in [1.54, 1.807) is 35.1 Å². The third kappa shape index (κ3) is 3.67. The molecule has 0 fully saturated rings. The number of anilines is 2. The number of benzene rings is 2. The van der Waals surface area contributed by atoms with Crippen LogP contribution < -0.4 is 10.6 Å². The molecule has 0 aliphatic carbocycles. The SMILES string of the molecule is CC(=O)Nc1ccc(NC(=O)c2cnn(-c3ccccc3)c2)cc1. The molecule has 3 rings (SSSR count). The zero-order chi connectivity index (χ0) is 16.9. The lowest BCUT2D eigenvalue weighted by Crippen LogP contribution is -2.11. The highest BCUT2D eigenvalue weighted by Crippen LogP contribution is 2.15. The summed E-state index contributed by atoms with van der Waals surface area (Å²) in [5.41, 5.74) is 2.67. The summed E-state index contributed by atoms with van der Waals surface area (Å²) in [5, 5.41) is 9.68. The lowest BCUT2D eigenvalue weighted by Gasteiger charge is -2.06. The van der Waals surface area contributed by atoms with Gasteiger partial charge in [0.2, 0.25) is 5.91 Å². The minimum atomic E-state index is -0.246. The molecule has 24 heavy (non-hydrogen) atoms. The predicted octanol–water partition coefficient (Wildman–Crippen LogP) is 3.08. The van der Waals surface area contributed by atoms with Gasteiger partial charge in [0.25, 0.3) is 5.91 Å². The molecule has 2 aromatic carbocycles. The van der Waals surface area contributed by atoms with Crippen molar-refractivity contribution in [3.8, 4) is 5.69 Å². The number of nitrogens with one attached hydrogen (secondary N) is 2. The average Bonchev–Trinajstić information content (AvgIpc) is 3.07. The van der Waals surface area contributed by atoms with Gasteiger partial charge < -0.3 is 10.6 Å². The van der Waals surface area contributed by atoms with Crippen LogP contribution in [0.15, 0.2) is 67.0 Å². The van der Waals surface area contributed by atoms with Crippen LogP contribution in [0.5, 0.6) is 0 Å². The number of para-hydroxylation sites is 1. The van der Waals surface area contributed by atoms with Gasteiger partial charge in [-0.15, -0.1) is 0 Å². The van der Waals surface area contributed by atoms with Crippen molar-refractivity contribution in [2.45, 2.75) is 6.92 Å². The maximum Gasteiger partial charge on any atom is 0.258 e. The van der Waals surface area contributed by atoms with Crippen molar-refractivity contribution in [3.63, 3.8) is 0 Å². The molecular formula is C18H16N4O2. The van der Waals surface area contributed by atoms with E-state index in [1.807, 2.05) is 30.3 Å². The van der Waals surface area contributed by atoms with E-state index in [0.29, 0.717) is 16.9 Å². The number of nitrogens with zero attached hydrogens (tertiary/aromatic N) is 2. The Bertz CT molecular complexity index is 854. The molecule has 2 N–H and O–H groups in total. The van der Waals surface area contributed by atoms with Crippen LogP contribution in [0, 0.1) is 0 Å². The molecule has 1 aromatic heterocycles. The summed E-state index contributed by atoms with van der Waals surface area (Å²) in [4.78, 5) is 23.3. The standard InChI is InChI=1S/C18H16N4O2/c1-13(23)20-15-7-9-16(10-8-15)21-18(24)14-11-19-22(12-14)17-5-3-2-4-6-17/h2-12H,1H3,(H,20,23)(H,21,24). The number of hydrogen-bond donors (Lipinski definition) is 2. The summed E-state index contributed by atoms with van der Waals surface area (Å²) in [6, 6.07) is 16.5. The molecule has 0 saturated carbocycles. The van der Waals surface area contributed by atoms with Crippen molar-refractivity contribution in [1.29, 1.82) is 0 Å². The second kappa shape index (κ2) is 6.78. The first-order chi connectivity index (χ1) is 11.6. The third-order valence-electron chi connectivity index (χ3n) is 3.33. The van der Waals surface area contributed by atoms with Crippen LogP contribution in [-0.4, -0.2) is 21.6 Å². The van der Waals surface area contributed by atoms with Crippen LogP contribution in [-0.2, 0) is 4.79 Å². The van der Waals surface area contributed by atoms with Gasteiger partial charge in [0.15, 0.2) is 0 Å². The van der Waals surface area contributed by atoms with Gasteiger partial charge in [-0.05, 0) is 36.4 Å².